The van der Waals surface area contributed by atoms with E-state index in [1.54, 1.807) is 18.2 Å². The van der Waals surface area contributed by atoms with Crippen molar-refractivity contribution >= 4 is 29.9 Å². The summed E-state index contributed by atoms with van der Waals surface area (Å²) in [5, 5.41) is 3.30. The Morgan fingerprint density at radius 3 is 2.74 bits per heavy atom. The van der Waals surface area contributed by atoms with Crippen molar-refractivity contribution in [3.63, 3.8) is 0 Å². The number of hydrogen-bond acceptors (Lipinski definition) is 2. The molecule has 4 nitrogen and oxygen atoms in total. The van der Waals surface area contributed by atoms with Gasteiger partial charge in [-0.15, -0.1) is 30.6 Å². The van der Waals surface area contributed by atoms with E-state index in [9.17, 15) is 4.39 Å². The van der Waals surface area contributed by atoms with Gasteiger partial charge < -0.3 is 15.0 Å². The number of benzene rings is 1. The molecule has 1 aromatic carbocycles. The predicted molar refractivity (Wildman–Crippen MR) is 103 cm³/mol. The van der Waals surface area contributed by atoms with Crippen LogP contribution >= 0.6 is 24.0 Å². The number of hydrogen-bond donors (Lipinski definition) is 1. The molecule has 1 saturated heterocycles. The number of morpholine rings is 1. The van der Waals surface area contributed by atoms with E-state index < -0.39 is 0 Å². The molecule has 2 rings (SSSR count). The highest BCUT2D eigenvalue weighted by Crippen LogP contribution is 2.25. The maximum absolute atomic E-state index is 13.1. The predicted octanol–water partition coefficient (Wildman–Crippen LogP) is 3.36. The standard InChI is InChI=1S/C17H24FN3O.HI/c1-4-10-20-17(19-5-2)21-11-13(3)22-16(12-21)14-6-8-15(18)9-7-14;/h4,6-9,13,16H,1,5,10-12H2,2-3H3,(H,19,20);1H. The molecule has 0 spiro atoms. The lowest BCUT2D eigenvalue weighted by atomic mass is 10.1. The molecule has 0 saturated carbocycles. The van der Waals surface area contributed by atoms with Crippen LogP contribution in [0.15, 0.2) is 41.9 Å². The van der Waals surface area contributed by atoms with Gasteiger partial charge in [0.15, 0.2) is 5.96 Å². The maximum atomic E-state index is 13.1. The van der Waals surface area contributed by atoms with E-state index in [-0.39, 0.29) is 42.0 Å². The van der Waals surface area contributed by atoms with E-state index in [0.717, 1.165) is 24.6 Å². The highest BCUT2D eigenvalue weighted by Gasteiger charge is 2.28. The number of ether oxygens (including phenoxy) is 1. The van der Waals surface area contributed by atoms with Crippen molar-refractivity contribution in [2.45, 2.75) is 26.1 Å². The van der Waals surface area contributed by atoms with Gasteiger partial charge in [0.2, 0.25) is 0 Å². The summed E-state index contributed by atoms with van der Waals surface area (Å²) in [5.41, 5.74) is 0.984. The van der Waals surface area contributed by atoms with Gasteiger partial charge in [-0.3, -0.25) is 0 Å². The Morgan fingerprint density at radius 2 is 2.13 bits per heavy atom. The first kappa shape index (κ1) is 19.9. The van der Waals surface area contributed by atoms with E-state index >= 15 is 0 Å². The van der Waals surface area contributed by atoms with Gasteiger partial charge >= 0.3 is 0 Å². The largest absolute Gasteiger partial charge is 0.367 e. The van der Waals surface area contributed by atoms with Crippen LogP contribution in [0.1, 0.15) is 25.5 Å². The highest BCUT2D eigenvalue weighted by molar-refractivity contribution is 14.0. The fourth-order valence-corrected chi connectivity index (χ4v) is 2.56. The second-order valence-corrected chi connectivity index (χ2v) is 5.38. The zero-order chi connectivity index (χ0) is 15.9. The fourth-order valence-electron chi connectivity index (χ4n) is 2.56. The molecule has 1 heterocycles. The van der Waals surface area contributed by atoms with Gasteiger partial charge in [0.1, 0.15) is 11.9 Å². The molecule has 0 aromatic heterocycles. The highest BCUT2D eigenvalue weighted by atomic mass is 127. The average Bonchev–Trinajstić information content (AvgIpc) is 2.51. The van der Waals surface area contributed by atoms with Gasteiger partial charge in [0.25, 0.3) is 0 Å². The van der Waals surface area contributed by atoms with E-state index in [1.165, 1.54) is 12.1 Å². The van der Waals surface area contributed by atoms with Gasteiger partial charge in [0.05, 0.1) is 19.2 Å². The molecule has 1 aliphatic heterocycles. The van der Waals surface area contributed by atoms with Gasteiger partial charge in [0, 0.05) is 13.1 Å². The normalized spacial score (nSPS) is 21.5. The lowest BCUT2D eigenvalue weighted by Crippen LogP contribution is -2.50. The van der Waals surface area contributed by atoms with Crippen LogP contribution in [-0.4, -0.2) is 43.1 Å². The Kier molecular flexibility index (Phi) is 8.54. The quantitative estimate of drug-likeness (QED) is 0.343. The van der Waals surface area contributed by atoms with Crippen molar-refractivity contribution < 1.29 is 9.13 Å². The number of rotatable bonds is 4. The van der Waals surface area contributed by atoms with Crippen LogP contribution in [0.2, 0.25) is 0 Å². The Bertz CT molecular complexity index is 521. The minimum absolute atomic E-state index is 0. The molecule has 23 heavy (non-hydrogen) atoms. The summed E-state index contributed by atoms with van der Waals surface area (Å²) in [5.74, 6) is 0.634. The summed E-state index contributed by atoms with van der Waals surface area (Å²) in [6, 6.07) is 6.51. The van der Waals surface area contributed by atoms with Crippen LogP contribution in [0.25, 0.3) is 0 Å². The smallest absolute Gasteiger partial charge is 0.194 e. The van der Waals surface area contributed by atoms with Gasteiger partial charge in [-0.2, -0.15) is 0 Å². The van der Waals surface area contributed by atoms with E-state index in [1.807, 2.05) is 13.8 Å². The van der Waals surface area contributed by atoms with Crippen LogP contribution in [0.3, 0.4) is 0 Å². The van der Waals surface area contributed by atoms with Crippen LogP contribution < -0.4 is 5.32 Å². The monoisotopic (exact) mass is 433 g/mol. The minimum atomic E-state index is -0.231. The third-order valence-electron chi connectivity index (χ3n) is 3.51. The summed E-state index contributed by atoms with van der Waals surface area (Å²) < 4.78 is 19.1. The number of halogens is 2. The number of nitrogens with one attached hydrogen (secondary N) is 1. The summed E-state index contributed by atoms with van der Waals surface area (Å²) in [4.78, 5) is 6.72. The molecule has 1 aromatic rings. The molecule has 0 radical (unpaired) electrons. The van der Waals surface area contributed by atoms with Crippen LogP contribution in [0.4, 0.5) is 4.39 Å². The minimum Gasteiger partial charge on any atom is -0.367 e. The van der Waals surface area contributed by atoms with Crippen molar-refractivity contribution in [1.82, 2.24) is 10.2 Å². The molecular formula is C17H25FIN3O. The molecule has 1 N–H and O–H groups in total. The molecule has 1 aliphatic rings. The van der Waals surface area contributed by atoms with Crippen LogP contribution in [0, 0.1) is 5.82 Å². The number of guanidine groups is 1. The Labute approximate surface area is 154 Å². The summed E-state index contributed by atoms with van der Waals surface area (Å²) in [6.45, 7) is 10.7. The molecule has 1 fully saturated rings. The first-order chi connectivity index (χ1) is 10.6. The molecule has 2 atom stereocenters. The lowest BCUT2D eigenvalue weighted by molar-refractivity contribution is -0.0605. The number of aliphatic imine (C=N–C) groups is 1. The zero-order valence-corrected chi connectivity index (χ0v) is 16.0. The maximum Gasteiger partial charge on any atom is 0.194 e. The van der Waals surface area contributed by atoms with Gasteiger partial charge in [-0.05, 0) is 31.5 Å². The van der Waals surface area contributed by atoms with Crippen molar-refractivity contribution in [3.8, 4) is 0 Å². The molecule has 0 bridgehead atoms. The van der Waals surface area contributed by atoms with Crippen molar-refractivity contribution in [2.75, 3.05) is 26.2 Å². The summed E-state index contributed by atoms with van der Waals surface area (Å²) in [6.07, 6.45) is 1.77. The Balaban J connectivity index is 0.00000264. The fraction of sp³-hybridized carbons (Fsp3) is 0.471. The molecule has 0 amide bonds. The third-order valence-corrected chi connectivity index (χ3v) is 3.51. The van der Waals surface area contributed by atoms with Crippen molar-refractivity contribution in [1.29, 1.82) is 0 Å². The molecule has 0 aliphatic carbocycles. The van der Waals surface area contributed by atoms with Gasteiger partial charge in [-0.25, -0.2) is 9.38 Å². The molecule has 2 unspecified atom stereocenters. The SMILES string of the molecule is C=CCN=C(NCC)N1CC(C)OC(c2ccc(F)cc2)C1.I. The number of nitrogens with zero attached hydrogens (tertiary/aromatic N) is 2. The topological polar surface area (TPSA) is 36.9 Å². The van der Waals surface area contributed by atoms with E-state index in [0.29, 0.717) is 13.1 Å². The molecule has 6 heteroatoms. The first-order valence-corrected chi connectivity index (χ1v) is 7.69. The molecular weight excluding hydrogens is 408 g/mol. The second kappa shape index (κ2) is 9.87. The second-order valence-electron chi connectivity index (χ2n) is 5.38. The van der Waals surface area contributed by atoms with E-state index in [4.69, 9.17) is 4.74 Å². The Morgan fingerprint density at radius 1 is 1.43 bits per heavy atom. The third kappa shape index (κ3) is 5.76. The van der Waals surface area contributed by atoms with Gasteiger partial charge in [-0.1, -0.05) is 18.2 Å². The zero-order valence-electron chi connectivity index (χ0n) is 13.7. The lowest BCUT2D eigenvalue weighted by Gasteiger charge is -2.38. The summed E-state index contributed by atoms with van der Waals surface area (Å²) >= 11 is 0. The van der Waals surface area contributed by atoms with Crippen molar-refractivity contribution in [2.24, 2.45) is 4.99 Å². The van der Waals surface area contributed by atoms with Crippen molar-refractivity contribution in [3.05, 3.63) is 48.3 Å². The average molecular weight is 433 g/mol. The van der Waals surface area contributed by atoms with Crippen LogP contribution in [-0.2, 0) is 4.74 Å². The molecule has 128 valence electrons. The summed E-state index contributed by atoms with van der Waals surface area (Å²) in [7, 11) is 0. The van der Waals surface area contributed by atoms with Crippen LogP contribution in [0.5, 0.6) is 0 Å². The van der Waals surface area contributed by atoms with E-state index in [2.05, 4.69) is 21.8 Å². The Hall–Kier alpha value is -1.15. The first-order valence-electron chi connectivity index (χ1n) is 7.69.